The van der Waals surface area contributed by atoms with Crippen LogP contribution in [-0.4, -0.2) is 29.7 Å². The van der Waals surface area contributed by atoms with Crippen molar-refractivity contribution in [3.05, 3.63) is 47.8 Å². The molecule has 8 heteroatoms. The molecule has 0 aliphatic rings. The molecule has 2 aromatic rings. The van der Waals surface area contributed by atoms with E-state index in [1.54, 1.807) is 6.07 Å². The van der Waals surface area contributed by atoms with Crippen molar-refractivity contribution >= 4 is 16.0 Å². The second-order valence-electron chi connectivity index (χ2n) is 3.74. The summed E-state index contributed by atoms with van der Waals surface area (Å²) in [6.45, 7) is 0.0863. The summed E-state index contributed by atoms with van der Waals surface area (Å²) in [6, 6.07) is 6.63. The molecule has 0 bridgehead atoms. The summed E-state index contributed by atoms with van der Waals surface area (Å²) < 4.78 is 26.2. The predicted molar refractivity (Wildman–Crippen MR) is 66.0 cm³/mol. The summed E-state index contributed by atoms with van der Waals surface area (Å²) in [7, 11) is -3.67. The average molecular weight is 281 g/mol. The molecule has 0 radical (unpaired) electrons. The Labute approximate surface area is 109 Å². The maximum atomic E-state index is 11.9. The Bertz CT molecular complexity index is 662. The Kier molecular flexibility index (Phi) is 3.63. The number of hydrogen-bond acceptors (Lipinski definition) is 4. The first kappa shape index (κ1) is 13.2. The Hall–Kier alpha value is -2.19. The zero-order valence-electron chi connectivity index (χ0n) is 9.70. The number of carboxylic acid groups (broad SMARTS) is 1. The Morgan fingerprint density at radius 1 is 1.26 bits per heavy atom. The van der Waals surface area contributed by atoms with Crippen LogP contribution in [0, 0.1) is 0 Å². The van der Waals surface area contributed by atoms with Gasteiger partial charge in [-0.15, -0.1) is 0 Å². The fourth-order valence-electron chi connectivity index (χ4n) is 1.42. The van der Waals surface area contributed by atoms with Crippen LogP contribution >= 0.6 is 0 Å². The highest BCUT2D eigenvalue weighted by Gasteiger charge is 2.14. The van der Waals surface area contributed by atoms with Gasteiger partial charge in [-0.1, -0.05) is 0 Å². The van der Waals surface area contributed by atoms with Crippen LogP contribution in [0.1, 0.15) is 16.1 Å². The average Bonchev–Trinajstić information content (AvgIpc) is 2.90. The van der Waals surface area contributed by atoms with Crippen molar-refractivity contribution < 1.29 is 18.3 Å². The fraction of sp³-hybridized carbons (Fsp3) is 0.0909. The number of H-pyrrole nitrogens is 1. The highest BCUT2D eigenvalue weighted by molar-refractivity contribution is 7.89. The molecule has 0 amide bonds. The molecule has 7 nitrogen and oxygen atoms in total. The van der Waals surface area contributed by atoms with Crippen molar-refractivity contribution in [2.24, 2.45) is 0 Å². The summed E-state index contributed by atoms with van der Waals surface area (Å²) in [5.41, 5.74) is 0.665. The first-order chi connectivity index (χ1) is 8.99. The summed E-state index contributed by atoms with van der Waals surface area (Å²) in [6.07, 6.45) is 1.52. The molecule has 0 unspecified atom stereocenters. The maximum Gasteiger partial charge on any atom is 0.335 e. The molecule has 19 heavy (non-hydrogen) atoms. The molecule has 0 atom stereocenters. The zero-order chi connectivity index (χ0) is 13.9. The monoisotopic (exact) mass is 281 g/mol. The number of rotatable bonds is 5. The van der Waals surface area contributed by atoms with Crippen LogP contribution in [0.5, 0.6) is 0 Å². The van der Waals surface area contributed by atoms with E-state index in [0.29, 0.717) is 5.69 Å². The second-order valence-corrected chi connectivity index (χ2v) is 5.50. The number of sulfonamides is 1. The quantitative estimate of drug-likeness (QED) is 0.742. The number of aromatic carboxylic acids is 1. The lowest BCUT2D eigenvalue weighted by Gasteiger charge is -2.05. The molecule has 100 valence electrons. The van der Waals surface area contributed by atoms with Gasteiger partial charge in [0, 0.05) is 6.20 Å². The van der Waals surface area contributed by atoms with Gasteiger partial charge in [0.25, 0.3) is 0 Å². The van der Waals surface area contributed by atoms with Gasteiger partial charge in [-0.2, -0.15) is 5.10 Å². The molecular formula is C11H11N3O4S. The molecule has 2 rings (SSSR count). The van der Waals surface area contributed by atoms with Crippen LogP contribution in [0.4, 0.5) is 0 Å². The van der Waals surface area contributed by atoms with Crippen molar-refractivity contribution in [3.8, 4) is 0 Å². The van der Waals surface area contributed by atoms with E-state index < -0.39 is 16.0 Å². The van der Waals surface area contributed by atoms with Crippen molar-refractivity contribution in [1.29, 1.82) is 0 Å². The number of hydrogen-bond donors (Lipinski definition) is 3. The van der Waals surface area contributed by atoms with E-state index in [1.165, 1.54) is 30.5 Å². The lowest BCUT2D eigenvalue weighted by molar-refractivity contribution is 0.0696. The van der Waals surface area contributed by atoms with Gasteiger partial charge in [0.15, 0.2) is 0 Å². The summed E-state index contributed by atoms with van der Waals surface area (Å²) >= 11 is 0. The molecule has 0 saturated carbocycles. The third-order valence-electron chi connectivity index (χ3n) is 2.42. The van der Waals surface area contributed by atoms with Gasteiger partial charge in [-0.05, 0) is 30.3 Å². The molecule has 0 aliphatic carbocycles. The number of nitrogens with zero attached hydrogens (tertiary/aromatic N) is 1. The first-order valence-corrected chi connectivity index (χ1v) is 6.78. The van der Waals surface area contributed by atoms with Crippen molar-refractivity contribution in [2.45, 2.75) is 11.4 Å². The van der Waals surface area contributed by atoms with Crippen LogP contribution in [0.15, 0.2) is 41.4 Å². The molecule has 0 spiro atoms. The smallest absolute Gasteiger partial charge is 0.335 e. The topological polar surface area (TPSA) is 112 Å². The van der Waals surface area contributed by atoms with Crippen LogP contribution < -0.4 is 4.72 Å². The zero-order valence-corrected chi connectivity index (χ0v) is 10.5. The Balaban J connectivity index is 2.13. The van der Waals surface area contributed by atoms with Crippen LogP contribution in [0.25, 0.3) is 0 Å². The van der Waals surface area contributed by atoms with Gasteiger partial charge in [0.1, 0.15) is 0 Å². The molecule has 0 fully saturated rings. The molecule has 1 heterocycles. The van der Waals surface area contributed by atoms with E-state index in [1.807, 2.05) is 0 Å². The number of aromatic amines is 1. The maximum absolute atomic E-state index is 11.9. The molecule has 0 saturated heterocycles. The third-order valence-corrected chi connectivity index (χ3v) is 3.84. The number of nitrogens with one attached hydrogen (secondary N) is 2. The molecular weight excluding hydrogens is 270 g/mol. The minimum Gasteiger partial charge on any atom is -0.478 e. The normalized spacial score (nSPS) is 11.4. The third kappa shape index (κ3) is 3.18. The SMILES string of the molecule is O=C(O)c1ccc(S(=O)(=O)NCc2ccn[nH]2)cc1. The molecule has 1 aromatic carbocycles. The van der Waals surface area contributed by atoms with E-state index in [9.17, 15) is 13.2 Å². The summed E-state index contributed by atoms with van der Waals surface area (Å²) in [5, 5.41) is 15.1. The van der Waals surface area contributed by atoms with Crippen molar-refractivity contribution in [2.75, 3.05) is 0 Å². The van der Waals surface area contributed by atoms with E-state index in [4.69, 9.17) is 5.11 Å². The summed E-state index contributed by atoms with van der Waals surface area (Å²) in [5.74, 6) is -1.10. The van der Waals surface area contributed by atoms with Crippen LogP contribution in [0.2, 0.25) is 0 Å². The second kappa shape index (κ2) is 5.21. The lowest BCUT2D eigenvalue weighted by Crippen LogP contribution is -2.23. The van der Waals surface area contributed by atoms with Gasteiger partial charge in [-0.3, -0.25) is 5.10 Å². The van der Waals surface area contributed by atoms with Gasteiger partial charge >= 0.3 is 5.97 Å². The largest absolute Gasteiger partial charge is 0.478 e. The fourth-order valence-corrected chi connectivity index (χ4v) is 2.42. The van der Waals surface area contributed by atoms with Gasteiger partial charge in [-0.25, -0.2) is 17.9 Å². The molecule has 0 aliphatic heterocycles. The minimum atomic E-state index is -3.67. The lowest BCUT2D eigenvalue weighted by atomic mass is 10.2. The highest BCUT2D eigenvalue weighted by Crippen LogP contribution is 2.11. The van der Waals surface area contributed by atoms with Gasteiger partial charge in [0.2, 0.25) is 10.0 Å². The van der Waals surface area contributed by atoms with E-state index in [0.717, 1.165) is 0 Å². The first-order valence-electron chi connectivity index (χ1n) is 5.30. The van der Waals surface area contributed by atoms with E-state index in [-0.39, 0.29) is 17.0 Å². The van der Waals surface area contributed by atoms with Gasteiger partial charge in [0.05, 0.1) is 22.7 Å². The van der Waals surface area contributed by atoms with Gasteiger partial charge < -0.3 is 5.11 Å². The van der Waals surface area contributed by atoms with Crippen LogP contribution in [-0.2, 0) is 16.6 Å². The number of carbonyl (C=O) groups is 1. The minimum absolute atomic E-state index is 0.0111. The number of aromatic nitrogens is 2. The van der Waals surface area contributed by atoms with Crippen molar-refractivity contribution in [3.63, 3.8) is 0 Å². The van der Waals surface area contributed by atoms with Crippen molar-refractivity contribution in [1.82, 2.24) is 14.9 Å². The van der Waals surface area contributed by atoms with E-state index in [2.05, 4.69) is 14.9 Å². The summed E-state index contributed by atoms with van der Waals surface area (Å²) in [4.78, 5) is 10.7. The number of carboxylic acids is 1. The Morgan fingerprint density at radius 3 is 2.47 bits per heavy atom. The van der Waals surface area contributed by atoms with Crippen LogP contribution in [0.3, 0.4) is 0 Å². The molecule has 3 N–H and O–H groups in total. The highest BCUT2D eigenvalue weighted by atomic mass is 32.2. The van der Waals surface area contributed by atoms with E-state index >= 15 is 0 Å². The predicted octanol–water partition coefficient (Wildman–Crippen LogP) is 0.586. The number of benzene rings is 1. The Morgan fingerprint density at radius 2 is 1.95 bits per heavy atom. The standard InChI is InChI=1S/C11H11N3O4S/c15-11(16)8-1-3-10(4-2-8)19(17,18)13-7-9-5-6-12-14-9/h1-6,13H,7H2,(H,12,14)(H,15,16). The molecule has 1 aromatic heterocycles.